The highest BCUT2D eigenvalue weighted by Gasteiger charge is 2.50. The number of hydrogen-bond acceptors (Lipinski definition) is 3. The van der Waals surface area contributed by atoms with E-state index in [1.165, 1.54) is 0 Å². The summed E-state index contributed by atoms with van der Waals surface area (Å²) < 4.78 is 0. The van der Waals surface area contributed by atoms with E-state index < -0.39 is 17.5 Å². The average Bonchev–Trinajstić information content (AvgIpc) is 3.16. The number of hydrogen-bond donors (Lipinski definition) is 3. The lowest BCUT2D eigenvalue weighted by Gasteiger charge is -2.45. The minimum absolute atomic E-state index is 0.260. The zero-order valence-corrected chi connectivity index (χ0v) is 19.0. The number of likely N-dealkylation sites (tertiary alicyclic amines) is 1. The van der Waals surface area contributed by atoms with Crippen molar-refractivity contribution in [2.24, 2.45) is 11.7 Å². The predicted molar refractivity (Wildman–Crippen MR) is 127 cm³/mol. The lowest BCUT2D eigenvalue weighted by Crippen LogP contribution is -2.63. The molecule has 3 amide bonds. The van der Waals surface area contributed by atoms with Gasteiger partial charge in [0.1, 0.15) is 17.3 Å². The standard InChI is InChI=1S/C26H30N4O3/c1-17(2)26(25(27)33,19-11-4-3-5-12-19)30-15-9-8-14-21(24(30)32)29-23(31)22-16-18-10-6-7-13-20(18)28-22/h3-7,10-13,16-17,21,28H,8-9,14-15H2,1-2H3,(H2,27,33)(H,29,31)/t21-,26?/m1/s1. The molecule has 2 aromatic carbocycles. The van der Waals surface area contributed by atoms with Crippen LogP contribution in [0.3, 0.4) is 0 Å². The summed E-state index contributed by atoms with van der Waals surface area (Å²) in [6.07, 6.45) is 1.98. The monoisotopic (exact) mass is 446 g/mol. The first-order valence-electron chi connectivity index (χ1n) is 11.4. The fourth-order valence-electron chi connectivity index (χ4n) is 5.01. The van der Waals surface area contributed by atoms with Gasteiger partial charge in [-0.25, -0.2) is 0 Å². The number of benzene rings is 2. The van der Waals surface area contributed by atoms with Crippen LogP contribution in [-0.4, -0.2) is 40.2 Å². The number of carbonyl (C=O) groups excluding carboxylic acids is 3. The smallest absolute Gasteiger partial charge is 0.268 e. The van der Waals surface area contributed by atoms with Gasteiger partial charge in [0.15, 0.2) is 0 Å². The van der Waals surface area contributed by atoms with Crippen LogP contribution in [0.1, 0.15) is 49.2 Å². The molecule has 2 atom stereocenters. The van der Waals surface area contributed by atoms with Gasteiger partial charge in [-0.1, -0.05) is 62.4 Å². The summed E-state index contributed by atoms with van der Waals surface area (Å²) in [7, 11) is 0. The number of fused-ring (bicyclic) bond motifs is 1. The molecule has 0 radical (unpaired) electrons. The van der Waals surface area contributed by atoms with E-state index in [0.29, 0.717) is 24.2 Å². The van der Waals surface area contributed by atoms with Crippen molar-refractivity contribution >= 4 is 28.6 Å². The maximum absolute atomic E-state index is 13.8. The van der Waals surface area contributed by atoms with Crippen LogP contribution in [-0.2, 0) is 15.1 Å². The second kappa shape index (κ2) is 9.10. The Hall–Kier alpha value is -3.61. The molecule has 0 bridgehead atoms. The minimum atomic E-state index is -1.30. The van der Waals surface area contributed by atoms with Gasteiger partial charge < -0.3 is 20.9 Å². The maximum Gasteiger partial charge on any atom is 0.268 e. The number of amides is 3. The molecule has 0 aliphatic carbocycles. The third-order valence-corrected chi connectivity index (χ3v) is 6.62. The highest BCUT2D eigenvalue weighted by atomic mass is 16.2. The SMILES string of the molecule is CC(C)C(C(N)=O)(c1ccccc1)N1CCCC[C@@H](NC(=O)c2cc3ccccc3[nH]2)C1=O. The molecule has 4 N–H and O–H groups in total. The van der Waals surface area contributed by atoms with Gasteiger partial charge >= 0.3 is 0 Å². The molecular weight excluding hydrogens is 416 g/mol. The maximum atomic E-state index is 13.8. The fourth-order valence-corrected chi connectivity index (χ4v) is 5.01. The molecule has 0 saturated carbocycles. The Morgan fingerprint density at radius 3 is 2.45 bits per heavy atom. The first-order valence-corrected chi connectivity index (χ1v) is 11.4. The Labute approximate surface area is 193 Å². The van der Waals surface area contributed by atoms with Gasteiger partial charge in [0.25, 0.3) is 5.91 Å². The summed E-state index contributed by atoms with van der Waals surface area (Å²) in [4.78, 5) is 44.5. The number of nitrogens with zero attached hydrogens (tertiary/aromatic N) is 1. The van der Waals surface area contributed by atoms with Crippen molar-refractivity contribution in [2.45, 2.75) is 44.7 Å². The molecule has 1 aliphatic rings. The summed E-state index contributed by atoms with van der Waals surface area (Å²) in [5.41, 5.74) is 6.64. The molecule has 1 aromatic heterocycles. The highest BCUT2D eigenvalue weighted by Crippen LogP contribution is 2.38. The van der Waals surface area contributed by atoms with E-state index in [2.05, 4.69) is 10.3 Å². The van der Waals surface area contributed by atoms with Crippen LogP contribution in [0, 0.1) is 5.92 Å². The van der Waals surface area contributed by atoms with E-state index in [1.54, 1.807) is 11.0 Å². The Balaban J connectivity index is 1.67. The average molecular weight is 447 g/mol. The van der Waals surface area contributed by atoms with Gasteiger partial charge in [-0.2, -0.15) is 0 Å². The summed E-state index contributed by atoms with van der Waals surface area (Å²) in [6, 6.07) is 17.9. The second-order valence-corrected chi connectivity index (χ2v) is 8.93. The van der Waals surface area contributed by atoms with Crippen molar-refractivity contribution < 1.29 is 14.4 Å². The van der Waals surface area contributed by atoms with Crippen molar-refractivity contribution in [3.8, 4) is 0 Å². The molecule has 33 heavy (non-hydrogen) atoms. The molecule has 172 valence electrons. The Bertz CT molecular complexity index is 1140. The number of rotatable bonds is 6. The molecule has 1 fully saturated rings. The highest BCUT2D eigenvalue weighted by molar-refractivity contribution is 6.01. The first-order chi connectivity index (χ1) is 15.9. The summed E-state index contributed by atoms with van der Waals surface area (Å²) >= 11 is 0. The first kappa shape index (κ1) is 22.6. The molecule has 0 spiro atoms. The van der Waals surface area contributed by atoms with Crippen molar-refractivity contribution in [2.75, 3.05) is 6.54 Å². The largest absolute Gasteiger partial charge is 0.367 e. The second-order valence-electron chi connectivity index (χ2n) is 8.93. The van der Waals surface area contributed by atoms with Gasteiger partial charge in [0, 0.05) is 17.4 Å². The molecular formula is C26H30N4O3. The van der Waals surface area contributed by atoms with Gasteiger partial charge in [-0.05, 0) is 42.9 Å². The van der Waals surface area contributed by atoms with Crippen molar-refractivity contribution in [3.05, 3.63) is 71.9 Å². The van der Waals surface area contributed by atoms with E-state index >= 15 is 0 Å². The van der Waals surface area contributed by atoms with Crippen LogP contribution in [0.5, 0.6) is 0 Å². The number of nitrogens with two attached hydrogens (primary N) is 1. The van der Waals surface area contributed by atoms with Crippen molar-refractivity contribution in [3.63, 3.8) is 0 Å². The van der Waals surface area contributed by atoms with Crippen LogP contribution in [0.15, 0.2) is 60.7 Å². The van der Waals surface area contributed by atoms with Gasteiger partial charge in [-0.15, -0.1) is 0 Å². The summed E-state index contributed by atoms with van der Waals surface area (Å²) in [5, 5.41) is 3.83. The van der Waals surface area contributed by atoms with E-state index in [-0.39, 0.29) is 17.7 Å². The number of nitrogens with one attached hydrogen (secondary N) is 2. The number of carbonyl (C=O) groups is 3. The molecule has 1 aliphatic heterocycles. The number of aromatic nitrogens is 1. The van der Waals surface area contributed by atoms with E-state index in [9.17, 15) is 14.4 Å². The lowest BCUT2D eigenvalue weighted by molar-refractivity contribution is -0.151. The van der Waals surface area contributed by atoms with Crippen molar-refractivity contribution in [1.29, 1.82) is 0 Å². The van der Waals surface area contributed by atoms with E-state index in [0.717, 1.165) is 23.7 Å². The Kier molecular flexibility index (Phi) is 6.22. The molecule has 3 aromatic rings. The predicted octanol–water partition coefficient (Wildman–Crippen LogP) is 3.32. The number of H-pyrrole nitrogens is 1. The topological polar surface area (TPSA) is 108 Å². The molecule has 7 nitrogen and oxygen atoms in total. The van der Waals surface area contributed by atoms with Crippen molar-refractivity contribution in [1.82, 2.24) is 15.2 Å². The van der Waals surface area contributed by atoms with E-state index in [1.807, 2.05) is 68.4 Å². The molecule has 2 heterocycles. The third-order valence-electron chi connectivity index (χ3n) is 6.62. The zero-order chi connectivity index (χ0) is 23.6. The number of para-hydroxylation sites is 1. The Morgan fingerprint density at radius 1 is 1.09 bits per heavy atom. The minimum Gasteiger partial charge on any atom is -0.367 e. The molecule has 1 unspecified atom stereocenters. The van der Waals surface area contributed by atoms with Crippen LogP contribution < -0.4 is 11.1 Å². The van der Waals surface area contributed by atoms with Crippen LogP contribution >= 0.6 is 0 Å². The molecule has 7 heteroatoms. The summed E-state index contributed by atoms with van der Waals surface area (Å²) in [6.45, 7) is 4.19. The van der Waals surface area contributed by atoms with E-state index in [4.69, 9.17) is 5.73 Å². The van der Waals surface area contributed by atoms with Crippen LogP contribution in [0.25, 0.3) is 10.9 Å². The normalized spacial score (nSPS) is 18.7. The van der Waals surface area contributed by atoms with Crippen LogP contribution in [0.4, 0.5) is 0 Å². The quantitative estimate of drug-likeness (QED) is 0.540. The number of aromatic amines is 1. The lowest BCUT2D eigenvalue weighted by atomic mass is 9.77. The van der Waals surface area contributed by atoms with Gasteiger partial charge in [0.2, 0.25) is 11.8 Å². The molecule has 1 saturated heterocycles. The zero-order valence-electron chi connectivity index (χ0n) is 19.0. The number of primary amides is 1. The van der Waals surface area contributed by atoms with Crippen LogP contribution in [0.2, 0.25) is 0 Å². The van der Waals surface area contributed by atoms with Gasteiger partial charge in [0.05, 0.1) is 0 Å². The fraction of sp³-hybridized carbons (Fsp3) is 0.346. The Morgan fingerprint density at radius 2 is 1.79 bits per heavy atom. The summed E-state index contributed by atoms with van der Waals surface area (Å²) in [5.74, 6) is -1.46. The molecule has 4 rings (SSSR count). The van der Waals surface area contributed by atoms with Gasteiger partial charge in [-0.3, -0.25) is 14.4 Å². The third kappa shape index (κ3) is 3.99.